The molecule has 0 amide bonds. The quantitative estimate of drug-likeness (QED) is 0.715. The van der Waals surface area contributed by atoms with Crippen LogP contribution in [0.3, 0.4) is 0 Å². The summed E-state index contributed by atoms with van der Waals surface area (Å²) in [6.07, 6.45) is 0.158. The predicted octanol–water partition coefficient (Wildman–Crippen LogP) is 0.883. The molecule has 0 bridgehead atoms. The zero-order valence-electron chi connectivity index (χ0n) is 8.23. The van der Waals surface area contributed by atoms with E-state index in [0.29, 0.717) is 19.6 Å². The lowest BCUT2D eigenvalue weighted by Gasteiger charge is -2.32. The van der Waals surface area contributed by atoms with Gasteiger partial charge in [0.05, 0.1) is 0 Å². The number of hydrogen-bond donors (Lipinski definition) is 1. The number of ether oxygens (including phenoxy) is 3. The zero-order chi connectivity index (χ0) is 9.68. The molecule has 3 atom stereocenters. The van der Waals surface area contributed by atoms with E-state index in [-0.39, 0.29) is 6.29 Å². The lowest BCUT2D eigenvalue weighted by molar-refractivity contribution is -0.295. The van der Waals surface area contributed by atoms with Crippen molar-refractivity contribution in [1.82, 2.24) is 0 Å². The van der Waals surface area contributed by atoms with Crippen LogP contribution >= 0.6 is 0 Å². The Balaban J connectivity index is 2.33. The fraction of sp³-hybridized carbons (Fsp3) is 1.00. The Bertz CT molecular complexity index is 140. The lowest BCUT2D eigenvalue weighted by Crippen LogP contribution is -2.41. The number of aliphatic hydroxyl groups is 1. The van der Waals surface area contributed by atoms with Crippen molar-refractivity contribution in [3.8, 4) is 0 Å². The maximum absolute atomic E-state index is 9.48. The van der Waals surface area contributed by atoms with Crippen molar-refractivity contribution in [3.05, 3.63) is 0 Å². The lowest BCUT2D eigenvalue weighted by atomic mass is 10.1. The van der Waals surface area contributed by atoms with Crippen LogP contribution in [-0.2, 0) is 14.2 Å². The summed E-state index contributed by atoms with van der Waals surface area (Å²) in [5.41, 5.74) is 0. The van der Waals surface area contributed by atoms with E-state index in [1.54, 1.807) is 0 Å². The summed E-state index contributed by atoms with van der Waals surface area (Å²) in [6.45, 7) is 4.96. The van der Waals surface area contributed by atoms with Gasteiger partial charge in [0.1, 0.15) is 6.10 Å². The number of hydrogen-bond acceptors (Lipinski definition) is 4. The van der Waals surface area contributed by atoms with Crippen LogP contribution in [-0.4, -0.2) is 37.0 Å². The summed E-state index contributed by atoms with van der Waals surface area (Å²) in [5, 5.41) is 9.48. The summed E-state index contributed by atoms with van der Waals surface area (Å²) in [7, 11) is 0. The van der Waals surface area contributed by atoms with Crippen molar-refractivity contribution in [3.63, 3.8) is 0 Å². The third kappa shape index (κ3) is 3.23. The molecule has 0 aromatic rings. The third-order valence-electron chi connectivity index (χ3n) is 1.98. The van der Waals surface area contributed by atoms with Gasteiger partial charge in [-0.15, -0.1) is 0 Å². The molecule has 1 unspecified atom stereocenters. The average Bonchev–Trinajstić information content (AvgIpc) is 2.12. The van der Waals surface area contributed by atoms with Crippen LogP contribution in [0, 0.1) is 0 Å². The first-order valence-electron chi connectivity index (χ1n) is 4.84. The fourth-order valence-corrected chi connectivity index (χ4v) is 1.37. The first-order chi connectivity index (χ1) is 6.27. The third-order valence-corrected chi connectivity index (χ3v) is 1.98. The number of rotatable bonds is 4. The van der Waals surface area contributed by atoms with Crippen LogP contribution in [0.15, 0.2) is 0 Å². The summed E-state index contributed by atoms with van der Waals surface area (Å²) < 4.78 is 15.9. The van der Waals surface area contributed by atoms with Gasteiger partial charge in [0.2, 0.25) is 0 Å². The van der Waals surface area contributed by atoms with E-state index in [2.05, 4.69) is 0 Å². The molecule has 0 aromatic heterocycles. The van der Waals surface area contributed by atoms with Crippen LogP contribution in [0.2, 0.25) is 0 Å². The first kappa shape index (κ1) is 10.9. The molecule has 1 fully saturated rings. The first-order valence-corrected chi connectivity index (χ1v) is 4.84. The Hall–Kier alpha value is -0.160. The maximum Gasteiger partial charge on any atom is 0.186 e. The van der Waals surface area contributed by atoms with Gasteiger partial charge in [-0.1, -0.05) is 0 Å². The summed E-state index contributed by atoms with van der Waals surface area (Å²) >= 11 is 0. The highest BCUT2D eigenvalue weighted by Crippen LogP contribution is 2.21. The van der Waals surface area contributed by atoms with E-state index in [1.807, 2.05) is 13.8 Å². The van der Waals surface area contributed by atoms with Gasteiger partial charge in [0.15, 0.2) is 12.6 Å². The van der Waals surface area contributed by atoms with Gasteiger partial charge < -0.3 is 19.3 Å². The molecule has 78 valence electrons. The molecular weight excluding hydrogens is 172 g/mol. The summed E-state index contributed by atoms with van der Waals surface area (Å²) in [5.74, 6) is 0. The van der Waals surface area contributed by atoms with Gasteiger partial charge in [-0.2, -0.15) is 0 Å². The van der Waals surface area contributed by atoms with Gasteiger partial charge in [-0.25, -0.2) is 0 Å². The molecule has 0 radical (unpaired) electrons. The average molecular weight is 190 g/mol. The topological polar surface area (TPSA) is 47.9 Å². The van der Waals surface area contributed by atoms with Crippen molar-refractivity contribution in [2.45, 2.75) is 45.4 Å². The Morgan fingerprint density at radius 1 is 1.23 bits per heavy atom. The zero-order valence-corrected chi connectivity index (χ0v) is 8.23. The van der Waals surface area contributed by atoms with E-state index in [9.17, 15) is 5.11 Å². The second kappa shape index (κ2) is 5.54. The van der Waals surface area contributed by atoms with Crippen molar-refractivity contribution >= 4 is 0 Å². The molecule has 1 aliphatic heterocycles. The van der Waals surface area contributed by atoms with Crippen molar-refractivity contribution in [1.29, 1.82) is 0 Å². The molecule has 4 heteroatoms. The molecule has 1 heterocycles. The summed E-state index contributed by atoms with van der Waals surface area (Å²) in [6, 6.07) is 0. The van der Waals surface area contributed by atoms with Gasteiger partial charge in [-0.3, -0.25) is 0 Å². The largest absolute Gasteiger partial charge is 0.388 e. The van der Waals surface area contributed by atoms with Gasteiger partial charge in [0.25, 0.3) is 0 Å². The van der Waals surface area contributed by atoms with Gasteiger partial charge in [-0.05, 0) is 20.3 Å². The Kier molecular flexibility index (Phi) is 4.66. The maximum atomic E-state index is 9.48. The second-order valence-electron chi connectivity index (χ2n) is 2.99. The Morgan fingerprint density at radius 3 is 2.54 bits per heavy atom. The standard InChI is InChI=1S/C9H18O4/c1-3-11-8-6-5-7(10)9(13-8)12-4-2/h7-10H,3-6H2,1-2H3/t7-,8?,9-/m1/s1. The normalized spacial score (nSPS) is 34.8. The molecule has 13 heavy (non-hydrogen) atoms. The van der Waals surface area contributed by atoms with Crippen LogP contribution in [0.5, 0.6) is 0 Å². The molecule has 0 aliphatic carbocycles. The van der Waals surface area contributed by atoms with E-state index >= 15 is 0 Å². The van der Waals surface area contributed by atoms with E-state index in [4.69, 9.17) is 14.2 Å². The molecule has 4 nitrogen and oxygen atoms in total. The minimum Gasteiger partial charge on any atom is -0.388 e. The van der Waals surface area contributed by atoms with E-state index in [0.717, 1.165) is 6.42 Å². The molecule has 1 rings (SSSR count). The Labute approximate surface area is 78.8 Å². The Morgan fingerprint density at radius 2 is 1.92 bits per heavy atom. The van der Waals surface area contributed by atoms with Crippen molar-refractivity contribution in [2.75, 3.05) is 13.2 Å². The molecule has 1 N–H and O–H groups in total. The van der Waals surface area contributed by atoms with Crippen molar-refractivity contribution < 1.29 is 19.3 Å². The molecule has 0 saturated carbocycles. The van der Waals surface area contributed by atoms with Crippen LogP contribution in [0.25, 0.3) is 0 Å². The molecule has 1 aliphatic rings. The highest BCUT2D eigenvalue weighted by molar-refractivity contribution is 4.68. The van der Waals surface area contributed by atoms with E-state index in [1.165, 1.54) is 0 Å². The highest BCUT2D eigenvalue weighted by atomic mass is 16.8. The van der Waals surface area contributed by atoms with Crippen LogP contribution in [0.4, 0.5) is 0 Å². The van der Waals surface area contributed by atoms with Crippen LogP contribution in [0.1, 0.15) is 26.7 Å². The monoisotopic (exact) mass is 190 g/mol. The van der Waals surface area contributed by atoms with Crippen LogP contribution < -0.4 is 0 Å². The van der Waals surface area contributed by atoms with Gasteiger partial charge >= 0.3 is 0 Å². The summed E-state index contributed by atoms with van der Waals surface area (Å²) in [4.78, 5) is 0. The SMILES string of the molecule is CCOC1CC[C@@H](O)[C@H](OCC)O1. The van der Waals surface area contributed by atoms with Crippen molar-refractivity contribution in [2.24, 2.45) is 0 Å². The molecule has 1 saturated heterocycles. The van der Waals surface area contributed by atoms with Gasteiger partial charge in [0, 0.05) is 19.6 Å². The predicted molar refractivity (Wildman–Crippen MR) is 47.2 cm³/mol. The molecular formula is C9H18O4. The minimum atomic E-state index is -0.518. The molecule has 0 aromatic carbocycles. The van der Waals surface area contributed by atoms with E-state index < -0.39 is 12.4 Å². The second-order valence-corrected chi connectivity index (χ2v) is 2.99. The number of aliphatic hydroxyl groups excluding tert-OH is 1. The minimum absolute atomic E-state index is 0.218. The molecule has 0 spiro atoms. The fourth-order valence-electron chi connectivity index (χ4n) is 1.37. The smallest absolute Gasteiger partial charge is 0.186 e. The highest BCUT2D eigenvalue weighted by Gasteiger charge is 2.30.